The van der Waals surface area contributed by atoms with Gasteiger partial charge in [0.2, 0.25) is 0 Å². The van der Waals surface area contributed by atoms with Gasteiger partial charge >= 0.3 is 5.97 Å². The number of rotatable bonds is 4. The van der Waals surface area contributed by atoms with Crippen LogP contribution in [-0.2, 0) is 9.53 Å². The molecule has 3 aromatic rings. The highest BCUT2D eigenvalue weighted by molar-refractivity contribution is 5.80. The van der Waals surface area contributed by atoms with E-state index in [-0.39, 0.29) is 23.7 Å². The molecular formula is C21H17FN2O2. The van der Waals surface area contributed by atoms with Gasteiger partial charge < -0.3 is 4.74 Å². The second kappa shape index (κ2) is 6.67. The summed E-state index contributed by atoms with van der Waals surface area (Å²) in [5, 5.41) is 0. The molecule has 3 unspecified atom stereocenters. The van der Waals surface area contributed by atoms with Gasteiger partial charge in [-0.15, -0.1) is 0 Å². The minimum absolute atomic E-state index is 0.0908. The van der Waals surface area contributed by atoms with Gasteiger partial charge in [0, 0.05) is 17.4 Å². The number of ether oxygens (including phenoxy) is 1. The van der Waals surface area contributed by atoms with Crippen molar-refractivity contribution in [3.63, 3.8) is 0 Å². The summed E-state index contributed by atoms with van der Waals surface area (Å²) in [6, 6.07) is 17.8. The summed E-state index contributed by atoms with van der Waals surface area (Å²) in [5.74, 6) is -0.137. The topological polar surface area (TPSA) is 52.1 Å². The predicted molar refractivity (Wildman–Crippen MR) is 94.9 cm³/mol. The van der Waals surface area contributed by atoms with Crippen molar-refractivity contribution in [3.8, 4) is 11.4 Å². The SMILES string of the molecule is COC(=O)C1C(c2ccccc2)C1c1ccc(-c2ncc(F)cn2)cc1. The molecule has 0 bridgehead atoms. The van der Waals surface area contributed by atoms with Crippen molar-refractivity contribution in [1.82, 2.24) is 9.97 Å². The fourth-order valence-electron chi connectivity index (χ4n) is 3.56. The van der Waals surface area contributed by atoms with Crippen molar-refractivity contribution >= 4 is 5.97 Å². The predicted octanol–water partition coefficient (Wildman–Crippen LogP) is 3.95. The monoisotopic (exact) mass is 348 g/mol. The van der Waals surface area contributed by atoms with Crippen LogP contribution in [0.3, 0.4) is 0 Å². The van der Waals surface area contributed by atoms with Crippen LogP contribution in [0.5, 0.6) is 0 Å². The van der Waals surface area contributed by atoms with Crippen molar-refractivity contribution in [2.75, 3.05) is 7.11 Å². The van der Waals surface area contributed by atoms with Crippen LogP contribution in [0.4, 0.5) is 4.39 Å². The molecule has 26 heavy (non-hydrogen) atoms. The zero-order valence-electron chi connectivity index (χ0n) is 14.2. The molecule has 0 N–H and O–H groups in total. The van der Waals surface area contributed by atoms with Gasteiger partial charge in [0.25, 0.3) is 0 Å². The number of nitrogens with zero attached hydrogens (tertiary/aromatic N) is 2. The maximum Gasteiger partial charge on any atom is 0.309 e. The zero-order chi connectivity index (χ0) is 18.1. The minimum Gasteiger partial charge on any atom is -0.469 e. The Morgan fingerprint density at radius 3 is 2.08 bits per heavy atom. The molecule has 0 radical (unpaired) electrons. The summed E-state index contributed by atoms with van der Waals surface area (Å²) < 4.78 is 18.0. The Balaban J connectivity index is 1.61. The van der Waals surface area contributed by atoms with Crippen LogP contribution in [0.1, 0.15) is 23.0 Å². The number of carbonyl (C=O) groups is 1. The van der Waals surface area contributed by atoms with E-state index in [1.807, 2.05) is 54.6 Å². The lowest BCUT2D eigenvalue weighted by Crippen LogP contribution is -2.05. The standard InChI is InChI=1S/C21H17FN2O2/c1-26-21(25)19-17(13-5-3-2-4-6-13)18(19)14-7-9-15(10-8-14)20-23-11-16(22)12-24-20/h2-12,17-19H,1H3. The number of esters is 1. The lowest BCUT2D eigenvalue weighted by molar-refractivity contribution is -0.142. The molecular weight excluding hydrogens is 331 g/mol. The number of aromatic nitrogens is 2. The van der Waals surface area contributed by atoms with Crippen LogP contribution in [0, 0.1) is 11.7 Å². The first kappa shape index (κ1) is 16.4. The number of methoxy groups -OCH3 is 1. The van der Waals surface area contributed by atoms with Gasteiger partial charge in [-0.1, -0.05) is 54.6 Å². The van der Waals surface area contributed by atoms with E-state index < -0.39 is 5.82 Å². The van der Waals surface area contributed by atoms with Gasteiger partial charge in [0.15, 0.2) is 11.6 Å². The summed E-state index contributed by atoms with van der Waals surface area (Å²) in [4.78, 5) is 20.2. The Hall–Kier alpha value is -3.08. The third-order valence-electron chi connectivity index (χ3n) is 4.85. The lowest BCUT2D eigenvalue weighted by Gasteiger charge is -2.04. The second-order valence-corrected chi connectivity index (χ2v) is 6.36. The van der Waals surface area contributed by atoms with E-state index in [1.165, 1.54) is 7.11 Å². The van der Waals surface area contributed by atoms with Gasteiger partial charge in [-0.2, -0.15) is 0 Å². The molecule has 1 aliphatic carbocycles. The summed E-state index contributed by atoms with van der Waals surface area (Å²) in [5.41, 5.74) is 3.01. The van der Waals surface area contributed by atoms with Crippen LogP contribution in [0.2, 0.25) is 0 Å². The largest absolute Gasteiger partial charge is 0.469 e. The van der Waals surface area contributed by atoms with Crippen molar-refractivity contribution in [3.05, 3.63) is 83.9 Å². The van der Waals surface area contributed by atoms with E-state index >= 15 is 0 Å². The summed E-state index contributed by atoms with van der Waals surface area (Å²) in [7, 11) is 1.43. The third-order valence-corrected chi connectivity index (χ3v) is 4.85. The van der Waals surface area contributed by atoms with Crippen LogP contribution in [0.15, 0.2) is 67.0 Å². The average molecular weight is 348 g/mol. The van der Waals surface area contributed by atoms with Crippen LogP contribution in [0.25, 0.3) is 11.4 Å². The molecule has 1 aliphatic rings. The van der Waals surface area contributed by atoms with Gasteiger partial charge in [-0.3, -0.25) is 4.79 Å². The maximum atomic E-state index is 13.0. The zero-order valence-corrected chi connectivity index (χ0v) is 14.2. The Bertz CT molecular complexity index is 911. The molecule has 0 saturated heterocycles. The van der Waals surface area contributed by atoms with Gasteiger partial charge in [0.1, 0.15) is 0 Å². The van der Waals surface area contributed by atoms with Crippen molar-refractivity contribution in [2.45, 2.75) is 11.8 Å². The van der Waals surface area contributed by atoms with Crippen molar-refractivity contribution < 1.29 is 13.9 Å². The van der Waals surface area contributed by atoms with Crippen molar-refractivity contribution in [1.29, 1.82) is 0 Å². The maximum absolute atomic E-state index is 13.0. The Kier molecular flexibility index (Phi) is 4.21. The minimum atomic E-state index is -0.463. The highest BCUT2D eigenvalue weighted by Crippen LogP contribution is 2.60. The number of hydrogen-bond donors (Lipinski definition) is 0. The van der Waals surface area contributed by atoms with Crippen molar-refractivity contribution in [2.24, 2.45) is 5.92 Å². The molecule has 3 atom stereocenters. The quantitative estimate of drug-likeness (QED) is 0.670. The van der Waals surface area contributed by atoms with Crippen LogP contribution < -0.4 is 0 Å². The van der Waals surface area contributed by atoms with E-state index in [1.54, 1.807) is 0 Å². The molecule has 4 nitrogen and oxygen atoms in total. The molecule has 5 heteroatoms. The number of hydrogen-bond acceptors (Lipinski definition) is 4. The van der Waals surface area contributed by atoms with E-state index in [2.05, 4.69) is 9.97 Å². The summed E-state index contributed by atoms with van der Waals surface area (Å²) >= 11 is 0. The average Bonchev–Trinajstić information content (AvgIpc) is 3.44. The van der Waals surface area contributed by atoms with Gasteiger partial charge in [-0.05, 0) is 11.1 Å². The molecule has 0 aliphatic heterocycles. The first-order valence-corrected chi connectivity index (χ1v) is 8.39. The first-order valence-electron chi connectivity index (χ1n) is 8.39. The number of halogens is 1. The summed E-state index contributed by atoms with van der Waals surface area (Å²) in [6.45, 7) is 0. The smallest absolute Gasteiger partial charge is 0.309 e. The van der Waals surface area contributed by atoms with Gasteiger partial charge in [0.05, 0.1) is 25.4 Å². The molecule has 1 fully saturated rings. The summed E-state index contributed by atoms with van der Waals surface area (Å²) in [6.07, 6.45) is 2.30. The molecule has 1 heterocycles. The molecule has 1 aromatic heterocycles. The normalized spacial score (nSPS) is 21.2. The molecule has 130 valence electrons. The lowest BCUT2D eigenvalue weighted by atomic mass is 10.0. The Labute approximate surface area is 150 Å². The fraction of sp³-hybridized carbons (Fsp3) is 0.190. The number of benzene rings is 2. The van der Waals surface area contributed by atoms with E-state index in [4.69, 9.17) is 4.74 Å². The second-order valence-electron chi connectivity index (χ2n) is 6.36. The molecule has 2 aromatic carbocycles. The van der Waals surface area contributed by atoms with E-state index in [0.29, 0.717) is 5.82 Å². The Morgan fingerprint density at radius 2 is 1.50 bits per heavy atom. The fourth-order valence-corrected chi connectivity index (χ4v) is 3.56. The third kappa shape index (κ3) is 2.96. The highest BCUT2D eigenvalue weighted by Gasteiger charge is 2.56. The molecule has 0 spiro atoms. The van der Waals surface area contributed by atoms with Gasteiger partial charge in [-0.25, -0.2) is 14.4 Å². The Morgan fingerprint density at radius 1 is 0.923 bits per heavy atom. The number of carbonyl (C=O) groups excluding carboxylic acids is 1. The van der Waals surface area contributed by atoms with Crippen LogP contribution >= 0.6 is 0 Å². The highest BCUT2D eigenvalue weighted by atomic mass is 19.1. The molecule has 4 rings (SSSR count). The molecule has 0 amide bonds. The van der Waals surface area contributed by atoms with Crippen LogP contribution in [-0.4, -0.2) is 23.0 Å². The first-order chi connectivity index (χ1) is 12.7. The van der Waals surface area contributed by atoms with E-state index in [0.717, 1.165) is 29.1 Å². The molecule has 1 saturated carbocycles. The van der Waals surface area contributed by atoms with E-state index in [9.17, 15) is 9.18 Å².